The second kappa shape index (κ2) is 4.49. The minimum atomic E-state index is 0.341. The first kappa shape index (κ1) is 10.9. The number of rotatable bonds is 3. The molecule has 0 unspecified atom stereocenters. The van der Waals surface area contributed by atoms with Crippen molar-refractivity contribution in [1.82, 2.24) is 4.98 Å². The molecule has 0 aliphatic rings. The molecule has 1 aromatic heterocycles. The molecule has 0 aliphatic carbocycles. The predicted octanol–water partition coefficient (Wildman–Crippen LogP) is 2.67. The SMILES string of the molecule is CCc1ccc(-c2nc(CN)oc2C)cc1. The summed E-state index contributed by atoms with van der Waals surface area (Å²) in [6.07, 6.45) is 1.05. The van der Waals surface area contributed by atoms with E-state index in [-0.39, 0.29) is 0 Å². The normalized spacial score (nSPS) is 10.7. The van der Waals surface area contributed by atoms with Gasteiger partial charge >= 0.3 is 0 Å². The smallest absolute Gasteiger partial charge is 0.208 e. The average molecular weight is 216 g/mol. The van der Waals surface area contributed by atoms with Crippen LogP contribution in [0.4, 0.5) is 0 Å². The first-order valence-electron chi connectivity index (χ1n) is 5.50. The molecule has 2 rings (SSSR count). The lowest BCUT2D eigenvalue weighted by molar-refractivity contribution is 0.474. The fraction of sp³-hybridized carbons (Fsp3) is 0.308. The van der Waals surface area contributed by atoms with E-state index in [0.29, 0.717) is 12.4 Å². The third kappa shape index (κ3) is 1.99. The quantitative estimate of drug-likeness (QED) is 0.858. The van der Waals surface area contributed by atoms with Gasteiger partial charge in [0.1, 0.15) is 11.5 Å². The van der Waals surface area contributed by atoms with Gasteiger partial charge in [-0.05, 0) is 18.9 Å². The zero-order valence-electron chi connectivity index (χ0n) is 9.66. The number of hydrogen-bond donors (Lipinski definition) is 1. The van der Waals surface area contributed by atoms with E-state index >= 15 is 0 Å². The molecule has 0 aliphatic heterocycles. The first-order valence-corrected chi connectivity index (χ1v) is 5.50. The van der Waals surface area contributed by atoms with Gasteiger partial charge in [-0.2, -0.15) is 0 Å². The van der Waals surface area contributed by atoms with E-state index in [4.69, 9.17) is 10.2 Å². The van der Waals surface area contributed by atoms with Crippen molar-refractivity contribution in [3.8, 4) is 11.3 Å². The summed E-state index contributed by atoms with van der Waals surface area (Å²) in [5.41, 5.74) is 8.80. The Labute approximate surface area is 95.3 Å². The number of hydrogen-bond acceptors (Lipinski definition) is 3. The molecule has 16 heavy (non-hydrogen) atoms. The van der Waals surface area contributed by atoms with Crippen molar-refractivity contribution in [3.63, 3.8) is 0 Å². The third-order valence-corrected chi connectivity index (χ3v) is 2.65. The molecule has 0 saturated heterocycles. The van der Waals surface area contributed by atoms with Gasteiger partial charge in [-0.1, -0.05) is 31.2 Å². The molecule has 0 saturated carbocycles. The van der Waals surface area contributed by atoms with Crippen molar-refractivity contribution in [2.24, 2.45) is 5.73 Å². The van der Waals surface area contributed by atoms with E-state index < -0.39 is 0 Å². The summed E-state index contributed by atoms with van der Waals surface area (Å²) in [6, 6.07) is 8.38. The van der Waals surface area contributed by atoms with Crippen LogP contribution in [0.3, 0.4) is 0 Å². The Bertz CT molecular complexity index is 471. The maximum atomic E-state index is 5.50. The molecule has 0 atom stereocenters. The van der Waals surface area contributed by atoms with Gasteiger partial charge in [0.15, 0.2) is 0 Å². The third-order valence-electron chi connectivity index (χ3n) is 2.65. The standard InChI is InChI=1S/C13H16N2O/c1-3-10-4-6-11(7-5-10)13-9(2)16-12(8-14)15-13/h4-7H,3,8,14H2,1-2H3. The number of aromatic nitrogens is 1. The minimum absolute atomic E-state index is 0.341. The summed E-state index contributed by atoms with van der Waals surface area (Å²) in [6.45, 7) is 4.39. The van der Waals surface area contributed by atoms with E-state index in [1.165, 1.54) is 5.56 Å². The monoisotopic (exact) mass is 216 g/mol. The van der Waals surface area contributed by atoms with Crippen molar-refractivity contribution in [3.05, 3.63) is 41.5 Å². The summed E-state index contributed by atoms with van der Waals surface area (Å²) in [5.74, 6) is 1.41. The molecule has 3 heteroatoms. The lowest BCUT2D eigenvalue weighted by Crippen LogP contribution is -1.95. The zero-order valence-corrected chi connectivity index (χ0v) is 9.66. The molecule has 2 aromatic rings. The molecule has 0 fully saturated rings. The maximum absolute atomic E-state index is 5.50. The number of nitrogens with zero attached hydrogens (tertiary/aromatic N) is 1. The van der Waals surface area contributed by atoms with Crippen LogP contribution in [0, 0.1) is 6.92 Å². The van der Waals surface area contributed by atoms with Gasteiger partial charge in [-0.25, -0.2) is 4.98 Å². The lowest BCUT2D eigenvalue weighted by atomic mass is 10.1. The Hall–Kier alpha value is -1.61. The van der Waals surface area contributed by atoms with Crippen molar-refractivity contribution >= 4 is 0 Å². The second-order valence-corrected chi connectivity index (χ2v) is 3.77. The van der Waals surface area contributed by atoms with E-state index in [0.717, 1.165) is 23.4 Å². The van der Waals surface area contributed by atoms with Crippen LogP contribution < -0.4 is 5.73 Å². The van der Waals surface area contributed by atoms with Crippen LogP contribution >= 0.6 is 0 Å². The molecule has 0 bridgehead atoms. The molecule has 0 amide bonds. The largest absolute Gasteiger partial charge is 0.444 e. The molecule has 2 N–H and O–H groups in total. The van der Waals surface area contributed by atoms with Crippen LogP contribution in [-0.2, 0) is 13.0 Å². The Morgan fingerprint density at radius 2 is 1.94 bits per heavy atom. The Morgan fingerprint density at radius 1 is 1.25 bits per heavy atom. The molecule has 3 nitrogen and oxygen atoms in total. The lowest BCUT2D eigenvalue weighted by Gasteiger charge is -1.99. The minimum Gasteiger partial charge on any atom is -0.444 e. The van der Waals surface area contributed by atoms with E-state index in [9.17, 15) is 0 Å². The van der Waals surface area contributed by atoms with Crippen molar-refractivity contribution < 1.29 is 4.42 Å². The maximum Gasteiger partial charge on any atom is 0.208 e. The van der Waals surface area contributed by atoms with Crippen LogP contribution in [0.15, 0.2) is 28.7 Å². The van der Waals surface area contributed by atoms with Crippen molar-refractivity contribution in [2.45, 2.75) is 26.8 Å². The molecular weight excluding hydrogens is 200 g/mol. The van der Waals surface area contributed by atoms with Crippen LogP contribution in [-0.4, -0.2) is 4.98 Å². The van der Waals surface area contributed by atoms with Gasteiger partial charge in [-0.3, -0.25) is 0 Å². The fourth-order valence-corrected chi connectivity index (χ4v) is 1.70. The van der Waals surface area contributed by atoms with Crippen LogP contribution in [0.25, 0.3) is 11.3 Å². The van der Waals surface area contributed by atoms with Crippen molar-refractivity contribution in [2.75, 3.05) is 0 Å². The molecule has 1 aromatic carbocycles. The zero-order chi connectivity index (χ0) is 11.5. The van der Waals surface area contributed by atoms with Gasteiger partial charge in [0.05, 0.1) is 6.54 Å². The topological polar surface area (TPSA) is 52.0 Å². The van der Waals surface area contributed by atoms with Crippen LogP contribution in [0.5, 0.6) is 0 Å². The Balaban J connectivity index is 2.38. The predicted molar refractivity (Wildman–Crippen MR) is 63.9 cm³/mol. The van der Waals surface area contributed by atoms with E-state index in [1.54, 1.807) is 0 Å². The van der Waals surface area contributed by atoms with Crippen molar-refractivity contribution in [1.29, 1.82) is 0 Å². The summed E-state index contributed by atoms with van der Waals surface area (Å²) in [7, 11) is 0. The Morgan fingerprint density at radius 3 is 2.44 bits per heavy atom. The number of aryl methyl sites for hydroxylation is 2. The molecule has 1 heterocycles. The summed E-state index contributed by atoms with van der Waals surface area (Å²) >= 11 is 0. The molecule has 0 spiro atoms. The van der Waals surface area contributed by atoms with E-state index in [2.05, 4.69) is 36.2 Å². The van der Waals surface area contributed by atoms with E-state index in [1.807, 2.05) is 6.92 Å². The number of nitrogens with two attached hydrogens (primary N) is 1. The van der Waals surface area contributed by atoms with Gasteiger partial charge in [0.2, 0.25) is 5.89 Å². The van der Waals surface area contributed by atoms with Crippen LogP contribution in [0.1, 0.15) is 24.1 Å². The highest BCUT2D eigenvalue weighted by molar-refractivity contribution is 5.61. The highest BCUT2D eigenvalue weighted by atomic mass is 16.4. The van der Waals surface area contributed by atoms with Gasteiger partial charge in [-0.15, -0.1) is 0 Å². The summed E-state index contributed by atoms with van der Waals surface area (Å²) < 4.78 is 5.44. The number of oxazole rings is 1. The fourth-order valence-electron chi connectivity index (χ4n) is 1.70. The van der Waals surface area contributed by atoms with Crippen LogP contribution in [0.2, 0.25) is 0 Å². The highest BCUT2D eigenvalue weighted by Crippen LogP contribution is 2.23. The molecule has 84 valence electrons. The summed E-state index contributed by atoms with van der Waals surface area (Å²) in [5, 5.41) is 0. The number of benzene rings is 1. The second-order valence-electron chi connectivity index (χ2n) is 3.77. The highest BCUT2D eigenvalue weighted by Gasteiger charge is 2.10. The molecule has 0 radical (unpaired) electrons. The Kier molecular flexibility index (Phi) is 3.06. The van der Waals surface area contributed by atoms with Gasteiger partial charge in [0.25, 0.3) is 0 Å². The van der Waals surface area contributed by atoms with Gasteiger partial charge in [0, 0.05) is 5.56 Å². The molecular formula is C13H16N2O. The van der Waals surface area contributed by atoms with Gasteiger partial charge < -0.3 is 10.2 Å². The summed E-state index contributed by atoms with van der Waals surface area (Å²) in [4.78, 5) is 4.36. The average Bonchev–Trinajstić information content (AvgIpc) is 2.71. The first-order chi connectivity index (χ1) is 7.74.